The van der Waals surface area contributed by atoms with Gasteiger partial charge in [-0.1, -0.05) is 54.1 Å². The van der Waals surface area contributed by atoms with Crippen LogP contribution < -0.4 is 24.8 Å². The zero-order valence-corrected chi connectivity index (χ0v) is 22.2. The molecule has 4 aromatic carbocycles. The fourth-order valence-electron chi connectivity index (χ4n) is 3.74. The minimum absolute atomic E-state index is 0.168. The number of hydrogen-bond acceptors (Lipinski definition) is 6. The Morgan fingerprint density at radius 2 is 1.57 bits per heavy atom. The van der Waals surface area contributed by atoms with Crippen LogP contribution in [-0.4, -0.2) is 33.2 Å². The molecule has 8 heteroatoms. The van der Waals surface area contributed by atoms with E-state index in [0.717, 1.165) is 33.1 Å². The summed E-state index contributed by atoms with van der Waals surface area (Å²) < 4.78 is 14.2. The summed E-state index contributed by atoms with van der Waals surface area (Å²) in [4.78, 5) is 13.4. The van der Waals surface area contributed by atoms with Gasteiger partial charge in [0.1, 0.15) is 11.5 Å². The number of carbonyl (C=O) groups is 1. The summed E-state index contributed by atoms with van der Waals surface area (Å²) in [5, 5.41) is 6.96. The molecule has 0 fully saturated rings. The van der Waals surface area contributed by atoms with E-state index in [4.69, 9.17) is 21.1 Å². The van der Waals surface area contributed by atoms with Crippen LogP contribution in [0.1, 0.15) is 10.4 Å². The van der Waals surface area contributed by atoms with E-state index in [1.807, 2.05) is 72.8 Å². The number of carbonyl (C=O) groups excluding carboxylic acids is 1. The molecule has 3 N–H and O–H groups in total. The number of benzene rings is 4. The first kappa shape index (κ1) is 26.3. The molecule has 0 heterocycles. The van der Waals surface area contributed by atoms with Gasteiger partial charge < -0.3 is 24.8 Å². The Labute approximate surface area is 226 Å². The highest BCUT2D eigenvalue weighted by molar-refractivity contribution is 8.00. The van der Waals surface area contributed by atoms with Crippen LogP contribution in [0, 0.1) is 0 Å². The number of para-hydroxylation sites is 1. The Morgan fingerprint density at radius 1 is 0.811 bits per heavy atom. The van der Waals surface area contributed by atoms with Gasteiger partial charge in [-0.05, 0) is 66.0 Å². The van der Waals surface area contributed by atoms with Crippen LogP contribution in [-0.2, 0) is 0 Å². The predicted octanol–water partition coefficient (Wildman–Crippen LogP) is 6.99. The predicted molar refractivity (Wildman–Crippen MR) is 153 cm³/mol. The molecule has 1 amide bonds. The SMILES string of the molecule is COc1ccc(-c2ccccc2Cl)cc1SNc1cccc(NCCNC(=O)c2ccccc2OC)c1. The highest BCUT2D eigenvalue weighted by Gasteiger charge is 2.11. The van der Waals surface area contributed by atoms with Crippen LogP contribution >= 0.6 is 23.5 Å². The third-order valence-corrected chi connectivity index (χ3v) is 6.79. The average molecular weight is 534 g/mol. The number of hydrogen-bond donors (Lipinski definition) is 3. The summed E-state index contributed by atoms with van der Waals surface area (Å²) >= 11 is 7.87. The third kappa shape index (κ3) is 6.90. The summed E-state index contributed by atoms with van der Waals surface area (Å²) in [6.07, 6.45) is 0. The lowest BCUT2D eigenvalue weighted by Gasteiger charge is -2.14. The van der Waals surface area contributed by atoms with Crippen LogP contribution in [0.4, 0.5) is 11.4 Å². The second-order valence-electron chi connectivity index (χ2n) is 8.01. The lowest BCUT2D eigenvalue weighted by molar-refractivity contribution is 0.0952. The van der Waals surface area contributed by atoms with Crippen LogP contribution in [0.3, 0.4) is 0 Å². The van der Waals surface area contributed by atoms with Crippen molar-refractivity contribution in [2.45, 2.75) is 4.90 Å². The quantitative estimate of drug-likeness (QED) is 0.143. The van der Waals surface area contributed by atoms with Crippen molar-refractivity contribution in [2.75, 3.05) is 37.3 Å². The number of amides is 1. The second kappa shape index (κ2) is 12.9. The van der Waals surface area contributed by atoms with Gasteiger partial charge in [-0.25, -0.2) is 0 Å². The zero-order valence-electron chi connectivity index (χ0n) is 20.6. The molecule has 37 heavy (non-hydrogen) atoms. The maximum absolute atomic E-state index is 12.4. The molecule has 0 radical (unpaired) electrons. The van der Waals surface area contributed by atoms with Gasteiger partial charge in [0.05, 0.1) is 24.7 Å². The number of nitrogens with one attached hydrogen (secondary N) is 3. The summed E-state index contributed by atoms with van der Waals surface area (Å²) in [6.45, 7) is 1.04. The van der Waals surface area contributed by atoms with E-state index >= 15 is 0 Å². The fraction of sp³-hybridized carbons (Fsp3) is 0.138. The minimum Gasteiger partial charge on any atom is -0.496 e. The van der Waals surface area contributed by atoms with Crippen LogP contribution in [0.15, 0.2) is 95.9 Å². The van der Waals surface area contributed by atoms with E-state index in [9.17, 15) is 4.79 Å². The number of halogens is 1. The monoisotopic (exact) mass is 533 g/mol. The van der Waals surface area contributed by atoms with Gasteiger partial charge in [-0.2, -0.15) is 0 Å². The first-order valence-corrected chi connectivity index (χ1v) is 12.9. The van der Waals surface area contributed by atoms with Gasteiger partial charge in [0.15, 0.2) is 0 Å². The molecule has 0 aliphatic carbocycles. The third-order valence-electron chi connectivity index (χ3n) is 5.58. The van der Waals surface area contributed by atoms with Crippen molar-refractivity contribution in [3.05, 3.63) is 102 Å². The fourth-order valence-corrected chi connectivity index (χ4v) is 4.77. The van der Waals surface area contributed by atoms with E-state index in [1.165, 1.54) is 11.9 Å². The lowest BCUT2D eigenvalue weighted by atomic mass is 10.1. The molecule has 190 valence electrons. The normalized spacial score (nSPS) is 10.5. The Morgan fingerprint density at radius 3 is 2.38 bits per heavy atom. The van der Waals surface area contributed by atoms with Crippen molar-refractivity contribution in [3.8, 4) is 22.6 Å². The number of anilines is 2. The molecular weight excluding hydrogens is 506 g/mol. The minimum atomic E-state index is -0.168. The maximum Gasteiger partial charge on any atom is 0.255 e. The first-order valence-electron chi connectivity index (χ1n) is 11.7. The van der Waals surface area contributed by atoms with E-state index < -0.39 is 0 Å². The molecule has 0 bridgehead atoms. The molecule has 0 saturated carbocycles. The highest BCUT2D eigenvalue weighted by atomic mass is 35.5. The average Bonchev–Trinajstić information content (AvgIpc) is 2.94. The van der Waals surface area contributed by atoms with Gasteiger partial charge >= 0.3 is 0 Å². The van der Waals surface area contributed by atoms with Crippen molar-refractivity contribution in [1.29, 1.82) is 0 Å². The van der Waals surface area contributed by atoms with Gasteiger partial charge in [0.2, 0.25) is 0 Å². The van der Waals surface area contributed by atoms with Crippen molar-refractivity contribution in [1.82, 2.24) is 5.32 Å². The molecule has 6 nitrogen and oxygen atoms in total. The smallest absolute Gasteiger partial charge is 0.255 e. The van der Waals surface area contributed by atoms with Gasteiger partial charge in [-0.3, -0.25) is 4.79 Å². The Hall–Kier alpha value is -3.81. The van der Waals surface area contributed by atoms with E-state index in [2.05, 4.69) is 21.4 Å². The van der Waals surface area contributed by atoms with Crippen LogP contribution in [0.2, 0.25) is 5.02 Å². The van der Waals surface area contributed by atoms with Crippen molar-refractivity contribution in [2.24, 2.45) is 0 Å². The number of methoxy groups -OCH3 is 2. The molecule has 0 atom stereocenters. The molecule has 0 aliphatic heterocycles. The van der Waals surface area contributed by atoms with Crippen molar-refractivity contribution < 1.29 is 14.3 Å². The van der Waals surface area contributed by atoms with Gasteiger partial charge in [-0.15, -0.1) is 0 Å². The zero-order chi connectivity index (χ0) is 26.0. The standard InChI is InChI=1S/C29H28ClN3O3S/c1-35-26-13-6-4-11-24(26)29(34)32-17-16-31-21-8-7-9-22(19-21)33-37-28-18-20(14-15-27(28)36-2)23-10-3-5-12-25(23)30/h3-15,18-19,31,33H,16-17H2,1-2H3,(H,32,34). The highest BCUT2D eigenvalue weighted by Crippen LogP contribution is 2.36. The molecule has 0 aromatic heterocycles. The Bertz CT molecular complexity index is 1370. The summed E-state index contributed by atoms with van der Waals surface area (Å²) in [5.74, 6) is 1.16. The van der Waals surface area contributed by atoms with Gasteiger partial charge in [0, 0.05) is 35.1 Å². The lowest BCUT2D eigenvalue weighted by Crippen LogP contribution is -2.29. The molecule has 0 unspecified atom stereocenters. The topological polar surface area (TPSA) is 71.6 Å². The van der Waals surface area contributed by atoms with Crippen LogP contribution in [0.25, 0.3) is 11.1 Å². The molecule has 0 spiro atoms. The summed E-state index contributed by atoms with van der Waals surface area (Å²) in [6, 6.07) is 28.9. The first-order chi connectivity index (χ1) is 18.1. The Kier molecular flexibility index (Phi) is 9.18. The molecular formula is C29H28ClN3O3S. The van der Waals surface area contributed by atoms with E-state index in [1.54, 1.807) is 26.4 Å². The van der Waals surface area contributed by atoms with Gasteiger partial charge in [0.25, 0.3) is 5.91 Å². The second-order valence-corrected chi connectivity index (χ2v) is 9.27. The molecule has 4 rings (SSSR count). The number of ether oxygens (including phenoxy) is 2. The van der Waals surface area contributed by atoms with E-state index in [-0.39, 0.29) is 5.91 Å². The van der Waals surface area contributed by atoms with E-state index in [0.29, 0.717) is 29.4 Å². The maximum atomic E-state index is 12.4. The van der Waals surface area contributed by atoms with Crippen molar-refractivity contribution in [3.63, 3.8) is 0 Å². The van der Waals surface area contributed by atoms with Crippen molar-refractivity contribution >= 4 is 40.8 Å². The Balaban J connectivity index is 1.34. The van der Waals surface area contributed by atoms with Crippen LogP contribution in [0.5, 0.6) is 11.5 Å². The molecule has 0 saturated heterocycles. The summed E-state index contributed by atoms with van der Waals surface area (Å²) in [5.41, 5.74) is 4.37. The molecule has 0 aliphatic rings. The summed E-state index contributed by atoms with van der Waals surface area (Å²) in [7, 11) is 3.21. The number of rotatable bonds is 11. The molecule has 4 aromatic rings. The largest absolute Gasteiger partial charge is 0.496 e.